The number of hydrogen-bond donors (Lipinski definition) is 0. The Kier molecular flexibility index (Phi) is 28.5. The Bertz CT molecular complexity index is 275. The van der Waals surface area contributed by atoms with Crippen LogP contribution in [0.5, 0.6) is 0 Å². The molecule has 0 aromatic heterocycles. The fourth-order valence-corrected chi connectivity index (χ4v) is 9.79. The van der Waals surface area contributed by atoms with E-state index in [9.17, 15) is 0 Å². The first-order valence-electron chi connectivity index (χ1n) is 14.1. The van der Waals surface area contributed by atoms with E-state index in [-0.39, 0.29) is 12.4 Å². The molecule has 0 fully saturated rings. The first-order valence-corrected chi connectivity index (χ1v) is 16.6. The SMILES string of the molecule is CCCCCCCCC[P+](CCCCC)(CCCCC)CCCCCCCCC.[Cl-]. The molecule has 0 aliphatic heterocycles. The zero-order valence-corrected chi connectivity index (χ0v) is 23.4. The lowest BCUT2D eigenvalue weighted by Gasteiger charge is -2.28. The predicted molar refractivity (Wildman–Crippen MR) is 141 cm³/mol. The molecule has 0 saturated heterocycles. The lowest BCUT2D eigenvalue weighted by Crippen LogP contribution is -3.00. The van der Waals surface area contributed by atoms with E-state index in [1.54, 1.807) is 37.5 Å². The highest BCUT2D eigenvalue weighted by Gasteiger charge is 2.34. The minimum Gasteiger partial charge on any atom is -1.00 e. The van der Waals surface area contributed by atoms with E-state index < -0.39 is 7.26 Å². The van der Waals surface area contributed by atoms with Crippen molar-refractivity contribution in [3.8, 4) is 0 Å². The van der Waals surface area contributed by atoms with E-state index >= 15 is 0 Å². The molecule has 0 saturated carbocycles. The van der Waals surface area contributed by atoms with Gasteiger partial charge in [0.2, 0.25) is 0 Å². The van der Waals surface area contributed by atoms with Crippen LogP contribution in [0.1, 0.15) is 156 Å². The van der Waals surface area contributed by atoms with E-state index in [1.165, 1.54) is 116 Å². The summed E-state index contributed by atoms with van der Waals surface area (Å²) in [4.78, 5) is 0. The second-order valence-corrected chi connectivity index (χ2v) is 14.4. The first-order chi connectivity index (χ1) is 14.2. The molecule has 0 N–H and O–H groups in total. The van der Waals surface area contributed by atoms with Gasteiger partial charge in [0.1, 0.15) is 0 Å². The molecule has 0 bridgehead atoms. The molecule has 0 spiro atoms. The van der Waals surface area contributed by atoms with Gasteiger partial charge in [-0.1, -0.05) is 118 Å². The van der Waals surface area contributed by atoms with E-state index in [0.717, 1.165) is 0 Å². The maximum Gasteiger partial charge on any atom is 0.0594 e. The molecule has 0 amide bonds. The van der Waals surface area contributed by atoms with Crippen molar-refractivity contribution in [2.75, 3.05) is 24.6 Å². The van der Waals surface area contributed by atoms with Crippen molar-refractivity contribution in [3.63, 3.8) is 0 Å². The van der Waals surface area contributed by atoms with Gasteiger partial charge in [-0.15, -0.1) is 0 Å². The third-order valence-corrected chi connectivity index (χ3v) is 12.0. The van der Waals surface area contributed by atoms with Crippen molar-refractivity contribution in [2.24, 2.45) is 0 Å². The van der Waals surface area contributed by atoms with Crippen LogP contribution in [0.15, 0.2) is 0 Å². The van der Waals surface area contributed by atoms with Crippen LogP contribution in [-0.4, -0.2) is 24.6 Å². The van der Waals surface area contributed by atoms with E-state index in [4.69, 9.17) is 0 Å². The Morgan fingerprint density at radius 3 is 0.800 bits per heavy atom. The smallest absolute Gasteiger partial charge is 0.0594 e. The fourth-order valence-electron chi connectivity index (χ4n) is 4.87. The molecular weight excluding hydrogens is 403 g/mol. The molecule has 0 aliphatic carbocycles. The maximum atomic E-state index is 2.38. The van der Waals surface area contributed by atoms with E-state index in [0.29, 0.717) is 0 Å². The molecule has 0 atom stereocenters. The number of halogens is 1. The molecule has 0 heterocycles. The van der Waals surface area contributed by atoms with Crippen LogP contribution in [0.25, 0.3) is 0 Å². The van der Waals surface area contributed by atoms with Gasteiger partial charge in [-0.25, -0.2) is 0 Å². The van der Waals surface area contributed by atoms with Gasteiger partial charge in [-0.2, -0.15) is 0 Å². The molecule has 0 unspecified atom stereocenters. The Labute approximate surface area is 200 Å². The second-order valence-electron chi connectivity index (χ2n) is 9.89. The minimum atomic E-state index is -0.678. The van der Waals surface area contributed by atoms with Gasteiger partial charge in [0.25, 0.3) is 0 Å². The molecular formula is C28H60ClP. The molecule has 30 heavy (non-hydrogen) atoms. The molecule has 0 aromatic carbocycles. The molecule has 0 aliphatic rings. The van der Waals surface area contributed by atoms with Crippen LogP contribution in [0.2, 0.25) is 0 Å². The average molecular weight is 463 g/mol. The predicted octanol–water partition coefficient (Wildman–Crippen LogP) is 7.89. The highest BCUT2D eigenvalue weighted by atomic mass is 35.5. The Morgan fingerprint density at radius 1 is 0.300 bits per heavy atom. The lowest BCUT2D eigenvalue weighted by atomic mass is 10.1. The average Bonchev–Trinajstić information content (AvgIpc) is 2.73. The van der Waals surface area contributed by atoms with Crippen LogP contribution >= 0.6 is 7.26 Å². The number of unbranched alkanes of at least 4 members (excludes halogenated alkanes) is 16. The topological polar surface area (TPSA) is 0 Å². The van der Waals surface area contributed by atoms with Crippen LogP contribution in [0, 0.1) is 0 Å². The van der Waals surface area contributed by atoms with Crippen LogP contribution in [0.3, 0.4) is 0 Å². The summed E-state index contributed by atoms with van der Waals surface area (Å²) < 4.78 is 0. The van der Waals surface area contributed by atoms with Crippen LogP contribution in [-0.2, 0) is 0 Å². The zero-order chi connectivity index (χ0) is 21.5. The highest BCUT2D eigenvalue weighted by molar-refractivity contribution is 7.75. The van der Waals surface area contributed by atoms with Crippen molar-refractivity contribution in [3.05, 3.63) is 0 Å². The largest absolute Gasteiger partial charge is 1.00 e. The summed E-state index contributed by atoms with van der Waals surface area (Å²) in [6.45, 7) is 9.41. The molecule has 0 rings (SSSR count). The molecule has 2 heteroatoms. The fraction of sp³-hybridized carbons (Fsp3) is 1.00. The highest BCUT2D eigenvalue weighted by Crippen LogP contribution is 2.61. The summed E-state index contributed by atoms with van der Waals surface area (Å²) >= 11 is 0. The van der Waals surface area contributed by atoms with Crippen molar-refractivity contribution in [1.29, 1.82) is 0 Å². The standard InChI is InChI=1S/C28H60P.ClH/c1-5-9-13-15-17-19-23-27-29(25-21-11-7-3,26-22-12-8-4)28-24-20-18-16-14-10-6-2;/h5-28H2,1-4H3;1H/q+1;/p-1. The summed E-state index contributed by atoms with van der Waals surface area (Å²) in [5.74, 6) is 0. The van der Waals surface area contributed by atoms with Crippen LogP contribution < -0.4 is 12.4 Å². The summed E-state index contributed by atoms with van der Waals surface area (Å²) in [5, 5.41) is 0. The quantitative estimate of drug-likeness (QED) is 0.101. The molecule has 0 radical (unpaired) electrons. The summed E-state index contributed by atoms with van der Waals surface area (Å²) in [5.41, 5.74) is 0. The maximum absolute atomic E-state index is 2.38. The van der Waals surface area contributed by atoms with Gasteiger partial charge >= 0.3 is 0 Å². The summed E-state index contributed by atoms with van der Waals surface area (Å²) in [6, 6.07) is 0. The number of rotatable bonds is 24. The van der Waals surface area contributed by atoms with Gasteiger partial charge in [0.05, 0.1) is 24.6 Å². The zero-order valence-electron chi connectivity index (χ0n) is 21.8. The summed E-state index contributed by atoms with van der Waals surface area (Å²) in [7, 11) is -0.678. The molecule has 184 valence electrons. The van der Waals surface area contributed by atoms with Gasteiger partial charge in [-0.3, -0.25) is 0 Å². The Morgan fingerprint density at radius 2 is 0.500 bits per heavy atom. The third kappa shape index (κ3) is 20.6. The summed E-state index contributed by atoms with van der Waals surface area (Å²) in [6.07, 6.45) is 36.1. The van der Waals surface area contributed by atoms with E-state index in [2.05, 4.69) is 27.7 Å². The van der Waals surface area contributed by atoms with Crippen LogP contribution in [0.4, 0.5) is 0 Å². The number of hydrogen-bond acceptors (Lipinski definition) is 0. The van der Waals surface area contributed by atoms with Gasteiger partial charge < -0.3 is 12.4 Å². The van der Waals surface area contributed by atoms with Crippen molar-refractivity contribution in [2.45, 2.75) is 156 Å². The Hall–Kier alpha value is 0.720. The van der Waals surface area contributed by atoms with Gasteiger partial charge in [0, 0.05) is 7.26 Å². The minimum absolute atomic E-state index is 0. The van der Waals surface area contributed by atoms with Crippen molar-refractivity contribution < 1.29 is 12.4 Å². The first kappa shape index (κ1) is 32.9. The molecule has 0 nitrogen and oxygen atoms in total. The lowest BCUT2D eigenvalue weighted by molar-refractivity contribution is -0.00000668. The van der Waals surface area contributed by atoms with E-state index in [1.807, 2.05) is 0 Å². The second kappa shape index (κ2) is 26.0. The third-order valence-electron chi connectivity index (χ3n) is 6.94. The van der Waals surface area contributed by atoms with Gasteiger partial charge in [-0.05, 0) is 38.5 Å². The van der Waals surface area contributed by atoms with Crippen molar-refractivity contribution >= 4 is 7.26 Å². The molecule has 0 aromatic rings. The monoisotopic (exact) mass is 462 g/mol. The van der Waals surface area contributed by atoms with Gasteiger partial charge in [0.15, 0.2) is 0 Å². The van der Waals surface area contributed by atoms with Crippen molar-refractivity contribution in [1.82, 2.24) is 0 Å². The normalized spacial score (nSPS) is 11.6. The Balaban J connectivity index is 0.